The fourth-order valence-corrected chi connectivity index (χ4v) is 12.0. The van der Waals surface area contributed by atoms with E-state index in [1.54, 1.807) is 69.5 Å². The van der Waals surface area contributed by atoms with Gasteiger partial charge < -0.3 is 48.4 Å². The summed E-state index contributed by atoms with van der Waals surface area (Å²) in [5, 5.41) is 26.1. The van der Waals surface area contributed by atoms with Gasteiger partial charge in [0.2, 0.25) is 0 Å². The second-order valence-electron chi connectivity index (χ2n) is 19.4. The molecule has 2 amide bonds. The average Bonchev–Trinajstić information content (AvgIpc) is 3.79. The highest BCUT2D eigenvalue weighted by Crippen LogP contribution is 2.40. The molecule has 4 N–H and O–H groups in total. The number of hydrogen-bond acceptors (Lipinski definition) is 18. The number of ether oxygens (including phenoxy) is 7. The third kappa shape index (κ3) is 13.3. The highest BCUT2D eigenvalue weighted by atomic mass is 33.1. The zero-order valence-electron chi connectivity index (χ0n) is 43.5. The van der Waals surface area contributed by atoms with Gasteiger partial charge in [-0.1, -0.05) is 55.1 Å². The smallest absolute Gasteiger partial charge is 0.411 e. The van der Waals surface area contributed by atoms with Crippen LogP contribution in [0.5, 0.6) is 5.75 Å². The van der Waals surface area contributed by atoms with Gasteiger partial charge in [0.1, 0.15) is 30.3 Å². The number of ketones is 2. The van der Waals surface area contributed by atoms with Crippen LogP contribution in [-0.4, -0.2) is 158 Å². The van der Waals surface area contributed by atoms with Gasteiger partial charge in [-0.25, -0.2) is 18.0 Å². The number of aromatic hydroxyl groups is 1. The number of fused-ring (bicyclic) bond motifs is 4. The number of aromatic nitrogens is 2. The molecule has 0 saturated carbocycles. The highest BCUT2D eigenvalue weighted by Gasteiger charge is 2.48. The molecule has 2 aliphatic heterocycles. The highest BCUT2D eigenvalue weighted by molar-refractivity contribution is 8.56. The lowest BCUT2D eigenvalue weighted by Gasteiger charge is -2.45. The molecule has 414 valence electrons. The third-order valence-electron chi connectivity index (χ3n) is 13.8. The summed E-state index contributed by atoms with van der Waals surface area (Å²) >= 11 is 11.3. The molecule has 2 aromatic carbocycles. The summed E-state index contributed by atoms with van der Waals surface area (Å²) in [4.78, 5) is 65.0. The summed E-state index contributed by atoms with van der Waals surface area (Å²) < 4.78 is 69.4. The Labute approximate surface area is 461 Å². The molecule has 4 aliphatic rings. The molecular formula is C55H60N4O15S4. The molecule has 4 heterocycles. The van der Waals surface area contributed by atoms with Crippen molar-refractivity contribution in [1.29, 1.82) is 0 Å². The van der Waals surface area contributed by atoms with Crippen molar-refractivity contribution < 1.29 is 71.0 Å². The molecule has 0 bridgehead atoms. The van der Waals surface area contributed by atoms with Crippen molar-refractivity contribution in [3.8, 4) is 29.4 Å². The quantitative estimate of drug-likeness (QED) is 0.0627. The molecule has 8 unspecified atom stereocenters. The zero-order chi connectivity index (χ0) is 56.1. The number of aliphatic hydroxyl groups is 1. The number of allylic oxidation sites excluding steroid dienone is 3. The Hall–Kier alpha value is -6.09. The minimum Gasteiger partial charge on any atom is -0.508 e. The molecule has 2 fully saturated rings. The van der Waals surface area contributed by atoms with Crippen LogP contribution in [-0.2, 0) is 77.3 Å². The van der Waals surface area contributed by atoms with Gasteiger partial charge in [-0.15, -0.1) is 0 Å². The number of nitrogens with zero attached hydrogens (tertiary/aromatic N) is 2. The van der Waals surface area contributed by atoms with Gasteiger partial charge in [-0.3, -0.25) is 24.8 Å². The Kier molecular flexibility index (Phi) is 18.6. The van der Waals surface area contributed by atoms with Gasteiger partial charge in [0.25, 0.3) is 0 Å². The Bertz CT molecular complexity index is 3410. The molecule has 2 aliphatic carbocycles. The fourth-order valence-electron chi connectivity index (χ4n) is 10.0. The van der Waals surface area contributed by atoms with Crippen LogP contribution in [0.15, 0.2) is 101 Å². The van der Waals surface area contributed by atoms with Crippen LogP contribution in [0.4, 0.5) is 9.59 Å². The first-order chi connectivity index (χ1) is 37.2. The zero-order valence-corrected chi connectivity index (χ0v) is 46.8. The fraction of sp³-hybridized carbons (Fsp3) is 0.436. The van der Waals surface area contributed by atoms with Gasteiger partial charge in [0.05, 0.1) is 71.8 Å². The standard InChI is InChI=1S/C55H60N4O15S4/c1-31(2)59(55(65)70-23-25-78(66,67)34-14-10-9-11-15-34)41-30-71-47(29-45(41)68-4)73-46-27-38(52(63)51-50-35(20-22-56-51)39-26-33(60)18-19-40(39)57-50)32(3)72-53(46)74-44-17-13-8-7-12-16-37-48(44)36(21-24-77(6,75)76)42(61)28-43(62)49(37)58-54(64)69-5/h7-11,14-15,18-22,26,31-32,38,41-42,44-48,53,57,60-61H,23-25,27-30H2,1-6H3,(H,58,64)/b8-7-,36-21-/t32?,38?,41?,42-,44-,45?,46?,47?,48?,53?/m0/s1. The van der Waals surface area contributed by atoms with Crippen molar-refractivity contribution >= 4 is 84.9 Å². The SMILES string of the molecule is COC(=O)NC1=C2C#C/C=C\C#C[C@H](OC3OC(C)C(C(=O)c4nccc5c4[nH]c4ccc(O)cc45)CC3OC3CC(OC)C(N(C(=O)OCCS(=O)(=O)c4ccccc4)C(C)C)CO3)C2/C(=C\CS(C)(=S)=S)[C@@H](O)CC1=O. The number of rotatable bonds is 16. The number of sulfone groups is 1. The summed E-state index contributed by atoms with van der Waals surface area (Å²) in [5.41, 5.74) is 1.32. The van der Waals surface area contributed by atoms with Crippen LogP contribution in [0.2, 0.25) is 0 Å². The van der Waals surface area contributed by atoms with Crippen molar-refractivity contribution in [3.05, 3.63) is 102 Å². The monoisotopic (exact) mass is 1140 g/mol. The first kappa shape index (κ1) is 58.1. The molecule has 78 heavy (non-hydrogen) atoms. The van der Waals surface area contributed by atoms with E-state index in [0.717, 1.165) is 7.11 Å². The molecule has 8 rings (SSSR count). The summed E-state index contributed by atoms with van der Waals surface area (Å²) in [6, 6.07) is 13.3. The van der Waals surface area contributed by atoms with E-state index >= 15 is 0 Å². The maximum Gasteiger partial charge on any atom is 0.411 e. The van der Waals surface area contributed by atoms with Gasteiger partial charge in [0.15, 0.2) is 34.0 Å². The molecule has 0 spiro atoms. The number of carbonyl (C=O) groups is 4. The van der Waals surface area contributed by atoms with E-state index < -0.39 is 127 Å². The number of H-pyrrole nitrogens is 1. The van der Waals surface area contributed by atoms with Crippen molar-refractivity contribution in [2.45, 2.75) is 100 Å². The summed E-state index contributed by atoms with van der Waals surface area (Å²) in [7, 11) is -3.20. The van der Waals surface area contributed by atoms with Crippen molar-refractivity contribution in [1.82, 2.24) is 20.2 Å². The van der Waals surface area contributed by atoms with E-state index in [9.17, 15) is 37.8 Å². The van der Waals surface area contributed by atoms with E-state index in [1.807, 2.05) is 0 Å². The van der Waals surface area contributed by atoms with Gasteiger partial charge in [0, 0.05) is 59.8 Å². The topological polar surface area (TPSA) is 251 Å². The second-order valence-corrected chi connectivity index (χ2v) is 28.7. The number of phenols is 1. The Balaban J connectivity index is 1.13. The number of hydrogen-bond donors (Lipinski definition) is 4. The predicted molar refractivity (Wildman–Crippen MR) is 295 cm³/mol. The van der Waals surface area contributed by atoms with Crippen molar-refractivity contribution in [2.75, 3.05) is 45.2 Å². The van der Waals surface area contributed by atoms with Crippen LogP contribution in [0.3, 0.4) is 0 Å². The predicted octanol–water partition coefficient (Wildman–Crippen LogP) is 5.35. The van der Waals surface area contributed by atoms with Crippen LogP contribution < -0.4 is 5.32 Å². The number of amides is 2. The number of alkyl carbamates (subject to hydrolysis) is 1. The summed E-state index contributed by atoms with van der Waals surface area (Å²) in [6.45, 7) is 4.73. The molecule has 2 aromatic heterocycles. The van der Waals surface area contributed by atoms with E-state index in [1.165, 1.54) is 48.6 Å². The maximum atomic E-state index is 15.0. The number of aromatic amines is 1. The van der Waals surface area contributed by atoms with Crippen molar-refractivity contribution in [3.63, 3.8) is 0 Å². The number of nitrogens with one attached hydrogen (secondary N) is 2. The van der Waals surface area contributed by atoms with Gasteiger partial charge in [-0.2, -0.15) is 0 Å². The number of carbonyl (C=O) groups excluding carboxylic acids is 4. The molecule has 19 nitrogen and oxygen atoms in total. The van der Waals surface area contributed by atoms with Crippen LogP contribution in [0.1, 0.15) is 50.5 Å². The first-order valence-corrected chi connectivity index (χ1v) is 30.7. The summed E-state index contributed by atoms with van der Waals surface area (Å²) in [6.07, 6.45) is -2.26. The van der Waals surface area contributed by atoms with E-state index in [0.29, 0.717) is 21.8 Å². The molecular weight excluding hydrogens is 1080 g/mol. The Morgan fingerprint density at radius 2 is 1.78 bits per heavy atom. The number of benzene rings is 2. The lowest BCUT2D eigenvalue weighted by molar-refractivity contribution is -0.310. The molecule has 23 heteroatoms. The largest absolute Gasteiger partial charge is 0.508 e. The van der Waals surface area contributed by atoms with Crippen LogP contribution in [0.25, 0.3) is 21.8 Å². The molecule has 0 radical (unpaired) electrons. The van der Waals surface area contributed by atoms with E-state index in [-0.39, 0.29) is 58.4 Å². The Morgan fingerprint density at radius 1 is 1.03 bits per heavy atom. The van der Waals surface area contributed by atoms with Gasteiger partial charge >= 0.3 is 12.2 Å². The van der Waals surface area contributed by atoms with Gasteiger partial charge in [-0.05, 0) is 110 Å². The Morgan fingerprint density at radius 3 is 2.50 bits per heavy atom. The molecule has 10 atom stereocenters. The van der Waals surface area contributed by atoms with Crippen LogP contribution in [0, 0.1) is 35.5 Å². The number of pyridine rings is 1. The van der Waals surface area contributed by atoms with E-state index in [4.69, 9.17) is 55.5 Å². The minimum atomic E-state index is -3.75. The normalized spacial score (nSPS) is 26.5. The number of aliphatic hydroxyl groups excluding tert-OH is 1. The minimum absolute atomic E-state index is 0.0341. The summed E-state index contributed by atoms with van der Waals surface area (Å²) in [5.74, 6) is 8.61. The second kappa shape index (κ2) is 24.9. The lowest BCUT2D eigenvalue weighted by Crippen LogP contribution is -2.58. The molecule has 2 saturated heterocycles. The van der Waals surface area contributed by atoms with E-state index in [2.05, 4.69) is 39.0 Å². The first-order valence-electron chi connectivity index (χ1n) is 25.0. The maximum absolute atomic E-state index is 15.0. The third-order valence-corrected chi connectivity index (χ3v) is 17.1. The molecule has 4 aromatic rings. The number of Topliss-reactive ketones (excluding diaryl/α,β-unsaturated/α-hetero) is 2. The van der Waals surface area contributed by atoms with Crippen molar-refractivity contribution in [2.24, 2.45) is 11.8 Å². The lowest BCUT2D eigenvalue weighted by atomic mass is 9.83. The average molecular weight is 1150 g/mol. The number of phenolic OH excluding ortho intramolecular Hbond substituents is 1. The van der Waals surface area contributed by atoms with Crippen LogP contribution >= 0.6 is 0 Å². The number of methoxy groups -OCH3 is 2.